The average molecular weight is 507 g/mol. The van der Waals surface area contributed by atoms with Crippen LogP contribution in [0.2, 0.25) is 0 Å². The molecule has 0 radical (unpaired) electrons. The Morgan fingerprint density at radius 3 is 2.13 bits per heavy atom. The Kier molecular flexibility index (Phi) is 8.49. The predicted molar refractivity (Wildman–Crippen MR) is 118 cm³/mol. The first-order valence-corrected chi connectivity index (χ1v) is 11.6. The number of rotatable bonds is 6. The SMILES string of the molecule is C[C@@H](OC(C)(C)C)[C@H](NC(=O)OC(C)(C)C)C(=O)N(C)S(=O)(=O)c1cccc(Br)c1. The summed E-state index contributed by atoms with van der Waals surface area (Å²) in [5.41, 5.74) is -1.42. The second-order valence-corrected chi connectivity index (χ2v) is 11.7. The van der Waals surface area contributed by atoms with Gasteiger partial charge in [0.2, 0.25) is 0 Å². The molecule has 10 heteroatoms. The molecule has 1 aromatic carbocycles. The fraction of sp³-hybridized carbons (Fsp3) is 0.600. The van der Waals surface area contributed by atoms with E-state index in [0.717, 1.165) is 7.05 Å². The smallest absolute Gasteiger partial charge is 0.408 e. The first kappa shape index (κ1) is 26.4. The Hall–Kier alpha value is -1.65. The normalized spacial score (nSPS) is 14.6. The zero-order chi connectivity index (χ0) is 23.5. The number of carbonyl (C=O) groups excluding carboxylic acids is 2. The average Bonchev–Trinajstić information content (AvgIpc) is 2.55. The molecule has 170 valence electrons. The van der Waals surface area contributed by atoms with E-state index >= 15 is 0 Å². The molecular formula is C20H31BrN2O6S. The maximum atomic E-state index is 13.2. The summed E-state index contributed by atoms with van der Waals surface area (Å²) in [5, 5.41) is 2.46. The van der Waals surface area contributed by atoms with E-state index < -0.39 is 45.4 Å². The van der Waals surface area contributed by atoms with E-state index in [0.29, 0.717) is 8.78 Å². The quantitative estimate of drug-likeness (QED) is 0.630. The van der Waals surface area contributed by atoms with Crippen LogP contribution in [0.1, 0.15) is 48.5 Å². The van der Waals surface area contributed by atoms with Gasteiger partial charge in [0.15, 0.2) is 0 Å². The number of carbonyl (C=O) groups is 2. The van der Waals surface area contributed by atoms with Crippen molar-refractivity contribution in [2.45, 2.75) is 76.7 Å². The Morgan fingerprint density at radius 1 is 1.10 bits per heavy atom. The molecule has 0 unspecified atom stereocenters. The van der Waals surface area contributed by atoms with Crippen molar-refractivity contribution in [1.29, 1.82) is 0 Å². The minimum Gasteiger partial charge on any atom is -0.444 e. The number of halogens is 1. The van der Waals surface area contributed by atoms with Gasteiger partial charge in [-0.25, -0.2) is 17.5 Å². The number of ether oxygens (including phenoxy) is 2. The minimum absolute atomic E-state index is 0.0619. The summed E-state index contributed by atoms with van der Waals surface area (Å²) in [4.78, 5) is 25.4. The molecule has 0 bridgehead atoms. The van der Waals surface area contributed by atoms with Crippen molar-refractivity contribution in [1.82, 2.24) is 9.62 Å². The lowest BCUT2D eigenvalue weighted by Gasteiger charge is -2.33. The van der Waals surface area contributed by atoms with Crippen molar-refractivity contribution in [3.8, 4) is 0 Å². The fourth-order valence-electron chi connectivity index (χ4n) is 2.54. The number of nitrogens with one attached hydrogen (secondary N) is 1. The molecule has 2 atom stereocenters. The standard InChI is InChI=1S/C20H31BrN2O6S/c1-13(28-19(2,3)4)16(22-18(25)29-20(5,6)7)17(24)23(8)30(26,27)15-11-9-10-14(21)12-15/h9-13,16H,1-8H3,(H,22,25)/t13-,16+/m1/s1. The van der Waals surface area contributed by atoms with Crippen LogP contribution < -0.4 is 5.32 Å². The van der Waals surface area contributed by atoms with Gasteiger partial charge < -0.3 is 14.8 Å². The molecule has 0 saturated heterocycles. The highest BCUT2D eigenvalue weighted by atomic mass is 79.9. The highest BCUT2D eigenvalue weighted by Gasteiger charge is 2.38. The minimum atomic E-state index is -4.15. The fourth-order valence-corrected chi connectivity index (χ4v) is 4.28. The summed E-state index contributed by atoms with van der Waals surface area (Å²) in [6, 6.07) is 4.72. The summed E-state index contributed by atoms with van der Waals surface area (Å²) in [6.07, 6.45) is -1.68. The maximum Gasteiger partial charge on any atom is 0.408 e. The molecule has 0 spiro atoms. The largest absolute Gasteiger partial charge is 0.444 e. The number of hydrogen-bond donors (Lipinski definition) is 1. The van der Waals surface area contributed by atoms with Crippen LogP contribution >= 0.6 is 15.9 Å². The summed E-state index contributed by atoms with van der Waals surface area (Å²) >= 11 is 3.23. The predicted octanol–water partition coefficient (Wildman–Crippen LogP) is 3.69. The Labute approximate surface area is 187 Å². The highest BCUT2D eigenvalue weighted by Crippen LogP contribution is 2.21. The summed E-state index contributed by atoms with van der Waals surface area (Å²) in [7, 11) is -3.00. The van der Waals surface area contributed by atoms with Gasteiger partial charge in [-0.1, -0.05) is 22.0 Å². The van der Waals surface area contributed by atoms with Gasteiger partial charge in [0, 0.05) is 11.5 Å². The monoisotopic (exact) mass is 506 g/mol. The van der Waals surface area contributed by atoms with Crippen molar-refractivity contribution >= 4 is 38.0 Å². The van der Waals surface area contributed by atoms with Gasteiger partial charge in [0.1, 0.15) is 11.6 Å². The van der Waals surface area contributed by atoms with Gasteiger partial charge in [-0.3, -0.25) is 4.79 Å². The van der Waals surface area contributed by atoms with Gasteiger partial charge in [0.25, 0.3) is 15.9 Å². The number of benzene rings is 1. The van der Waals surface area contributed by atoms with Crippen LogP contribution in [0.3, 0.4) is 0 Å². The van der Waals surface area contributed by atoms with Crippen LogP contribution in [0, 0.1) is 0 Å². The van der Waals surface area contributed by atoms with Crippen molar-refractivity contribution in [3.63, 3.8) is 0 Å². The third-order valence-electron chi connectivity index (χ3n) is 3.71. The summed E-state index contributed by atoms with van der Waals surface area (Å²) in [5.74, 6) is -0.849. The van der Waals surface area contributed by atoms with Crippen LogP contribution in [0.5, 0.6) is 0 Å². The van der Waals surface area contributed by atoms with E-state index in [4.69, 9.17) is 9.47 Å². The Balaban J connectivity index is 3.23. The number of alkyl carbamates (subject to hydrolysis) is 1. The molecule has 1 rings (SSSR count). The Bertz CT molecular complexity index is 874. The van der Waals surface area contributed by atoms with Crippen LogP contribution in [0.25, 0.3) is 0 Å². The van der Waals surface area contributed by atoms with Crippen molar-refractivity contribution < 1.29 is 27.5 Å². The molecule has 0 heterocycles. The molecule has 0 aliphatic rings. The van der Waals surface area contributed by atoms with Gasteiger partial charge in [-0.05, 0) is 66.7 Å². The second kappa shape index (κ2) is 9.65. The van der Waals surface area contributed by atoms with E-state index in [1.165, 1.54) is 12.1 Å². The van der Waals surface area contributed by atoms with E-state index in [-0.39, 0.29) is 4.90 Å². The molecule has 2 amide bonds. The number of amides is 2. The molecule has 0 aliphatic carbocycles. The zero-order valence-corrected chi connectivity index (χ0v) is 21.0. The zero-order valence-electron chi connectivity index (χ0n) is 18.6. The molecule has 1 aromatic rings. The van der Waals surface area contributed by atoms with Gasteiger partial charge >= 0.3 is 6.09 Å². The van der Waals surface area contributed by atoms with E-state index in [1.54, 1.807) is 60.6 Å². The van der Waals surface area contributed by atoms with Crippen LogP contribution in [0.15, 0.2) is 33.6 Å². The number of hydrogen-bond acceptors (Lipinski definition) is 6. The number of nitrogens with zero attached hydrogens (tertiary/aromatic N) is 1. The summed E-state index contributed by atoms with van der Waals surface area (Å²) < 4.78 is 38.1. The third kappa shape index (κ3) is 7.88. The third-order valence-corrected chi connectivity index (χ3v) is 5.96. The maximum absolute atomic E-state index is 13.2. The van der Waals surface area contributed by atoms with Gasteiger partial charge in [0.05, 0.1) is 16.6 Å². The topological polar surface area (TPSA) is 102 Å². The van der Waals surface area contributed by atoms with Crippen molar-refractivity contribution in [2.24, 2.45) is 0 Å². The van der Waals surface area contributed by atoms with E-state index in [9.17, 15) is 18.0 Å². The lowest BCUT2D eigenvalue weighted by atomic mass is 10.1. The molecule has 0 fully saturated rings. The lowest BCUT2D eigenvalue weighted by molar-refractivity contribution is -0.135. The second-order valence-electron chi connectivity index (χ2n) is 8.83. The van der Waals surface area contributed by atoms with E-state index in [1.807, 2.05) is 0 Å². The van der Waals surface area contributed by atoms with Crippen molar-refractivity contribution in [2.75, 3.05) is 7.05 Å². The van der Waals surface area contributed by atoms with Crippen LogP contribution in [0.4, 0.5) is 4.79 Å². The summed E-state index contributed by atoms with van der Waals surface area (Å²) in [6.45, 7) is 12.0. The first-order chi connectivity index (χ1) is 13.4. The molecule has 0 saturated carbocycles. The van der Waals surface area contributed by atoms with E-state index in [2.05, 4.69) is 21.2 Å². The first-order valence-electron chi connectivity index (χ1n) is 9.40. The lowest BCUT2D eigenvalue weighted by Crippen LogP contribution is -2.56. The molecule has 1 N–H and O–H groups in total. The van der Waals surface area contributed by atoms with Gasteiger partial charge in [-0.2, -0.15) is 0 Å². The molecule has 0 aliphatic heterocycles. The van der Waals surface area contributed by atoms with Crippen LogP contribution in [-0.2, 0) is 24.3 Å². The molecular weight excluding hydrogens is 476 g/mol. The van der Waals surface area contributed by atoms with Gasteiger partial charge in [-0.15, -0.1) is 0 Å². The van der Waals surface area contributed by atoms with Crippen molar-refractivity contribution in [3.05, 3.63) is 28.7 Å². The number of likely N-dealkylation sites (N-methyl/N-ethyl adjacent to an activating group) is 1. The highest BCUT2D eigenvalue weighted by molar-refractivity contribution is 9.10. The Morgan fingerprint density at radius 2 is 1.67 bits per heavy atom. The van der Waals surface area contributed by atoms with Crippen LogP contribution in [-0.4, -0.2) is 55.1 Å². The molecule has 30 heavy (non-hydrogen) atoms. The molecule has 0 aromatic heterocycles. The molecule has 8 nitrogen and oxygen atoms in total. The number of sulfonamides is 1.